The molecule has 1 heterocycles. The second kappa shape index (κ2) is 12.1. The van der Waals surface area contributed by atoms with E-state index in [1.807, 2.05) is 54.6 Å². The zero-order valence-electron chi connectivity index (χ0n) is 15.9. The lowest BCUT2D eigenvalue weighted by Crippen LogP contribution is -2.38. The predicted octanol–water partition coefficient (Wildman–Crippen LogP) is 4.38. The van der Waals surface area contributed by atoms with Crippen molar-refractivity contribution < 1.29 is 9.15 Å². The second-order valence-corrected chi connectivity index (χ2v) is 6.07. The number of ether oxygens (including phenoxy) is 1. The number of nitrogens with one attached hydrogen (secondary N) is 2. The third-order valence-corrected chi connectivity index (χ3v) is 4.15. The number of methoxy groups -OCH3 is 1. The van der Waals surface area contributed by atoms with Crippen molar-refractivity contribution in [3.63, 3.8) is 0 Å². The summed E-state index contributed by atoms with van der Waals surface area (Å²) in [6.07, 6.45) is 2.49. The summed E-state index contributed by atoms with van der Waals surface area (Å²) < 4.78 is 10.8. The number of halogens is 1. The van der Waals surface area contributed by atoms with E-state index in [1.54, 1.807) is 13.4 Å². The molecule has 0 aliphatic rings. The van der Waals surface area contributed by atoms with Gasteiger partial charge in [0.05, 0.1) is 19.9 Å². The van der Waals surface area contributed by atoms with Crippen LogP contribution in [-0.4, -0.2) is 19.6 Å². The molecule has 2 aromatic carbocycles. The van der Waals surface area contributed by atoms with E-state index in [4.69, 9.17) is 14.1 Å². The Morgan fingerprint density at radius 2 is 1.75 bits per heavy atom. The number of nitrogens with zero attached hydrogens (tertiary/aromatic N) is 1. The Labute approximate surface area is 183 Å². The molecule has 3 aromatic rings. The Morgan fingerprint density at radius 3 is 2.50 bits per heavy atom. The first-order valence-corrected chi connectivity index (χ1v) is 9.05. The average molecular weight is 491 g/mol. The normalized spacial score (nSPS) is 10.8. The van der Waals surface area contributed by atoms with E-state index >= 15 is 0 Å². The molecule has 0 aliphatic heterocycles. The number of rotatable bonds is 8. The predicted molar refractivity (Wildman–Crippen MR) is 123 cm³/mol. The van der Waals surface area contributed by atoms with Gasteiger partial charge in [-0.3, -0.25) is 0 Å². The highest BCUT2D eigenvalue weighted by Gasteiger charge is 2.04. The fourth-order valence-corrected chi connectivity index (χ4v) is 2.71. The van der Waals surface area contributed by atoms with Crippen LogP contribution in [0.15, 0.2) is 82.4 Å². The Hall–Kier alpha value is -2.48. The van der Waals surface area contributed by atoms with Gasteiger partial charge in [-0.2, -0.15) is 0 Å². The summed E-state index contributed by atoms with van der Waals surface area (Å²) in [7, 11) is 1.69. The molecule has 3 rings (SSSR count). The standard InChI is InChI=1S/C22H25N3O2.HI/c1-26-21-12-6-5-10-19(21)17-25-22(23-14-13-20-11-7-15-27-20)24-16-18-8-3-2-4-9-18;/h2-12,15H,13-14,16-17H2,1H3,(H2,23,24,25);1H. The van der Waals surface area contributed by atoms with E-state index < -0.39 is 0 Å². The third-order valence-electron chi connectivity index (χ3n) is 4.15. The zero-order chi connectivity index (χ0) is 18.7. The fourth-order valence-electron chi connectivity index (χ4n) is 2.71. The van der Waals surface area contributed by atoms with Crippen LogP contribution < -0.4 is 15.4 Å². The van der Waals surface area contributed by atoms with Crippen LogP contribution in [0, 0.1) is 0 Å². The molecule has 0 radical (unpaired) electrons. The van der Waals surface area contributed by atoms with E-state index in [9.17, 15) is 0 Å². The molecule has 0 unspecified atom stereocenters. The van der Waals surface area contributed by atoms with Crippen molar-refractivity contribution in [2.24, 2.45) is 4.99 Å². The minimum atomic E-state index is 0. The van der Waals surface area contributed by atoms with Crippen molar-refractivity contribution in [1.29, 1.82) is 0 Å². The lowest BCUT2D eigenvalue weighted by atomic mass is 10.2. The molecule has 148 valence electrons. The summed E-state index contributed by atoms with van der Waals surface area (Å²) in [4.78, 5) is 4.71. The molecule has 5 nitrogen and oxygen atoms in total. The van der Waals surface area contributed by atoms with Crippen LogP contribution in [0.5, 0.6) is 5.75 Å². The molecular formula is C22H26IN3O2. The number of hydrogen-bond donors (Lipinski definition) is 2. The number of hydrogen-bond acceptors (Lipinski definition) is 3. The smallest absolute Gasteiger partial charge is 0.191 e. The van der Waals surface area contributed by atoms with Gasteiger partial charge in [-0.1, -0.05) is 48.5 Å². The maximum atomic E-state index is 5.42. The molecule has 0 saturated carbocycles. The molecule has 0 atom stereocenters. The van der Waals surface area contributed by atoms with Crippen LogP contribution in [0.3, 0.4) is 0 Å². The molecule has 28 heavy (non-hydrogen) atoms. The van der Waals surface area contributed by atoms with E-state index in [1.165, 1.54) is 5.56 Å². The minimum Gasteiger partial charge on any atom is -0.496 e. The quantitative estimate of drug-likeness (QED) is 0.279. The maximum Gasteiger partial charge on any atom is 0.191 e. The van der Waals surface area contributed by atoms with Gasteiger partial charge in [0.2, 0.25) is 0 Å². The minimum absolute atomic E-state index is 0. The maximum absolute atomic E-state index is 5.42. The number of benzene rings is 2. The average Bonchev–Trinajstić information content (AvgIpc) is 3.24. The highest BCUT2D eigenvalue weighted by Crippen LogP contribution is 2.16. The lowest BCUT2D eigenvalue weighted by Gasteiger charge is -2.14. The first-order valence-electron chi connectivity index (χ1n) is 9.05. The first kappa shape index (κ1) is 21.8. The summed E-state index contributed by atoms with van der Waals surface area (Å²) in [5.74, 6) is 2.58. The van der Waals surface area contributed by atoms with E-state index in [2.05, 4.69) is 22.8 Å². The zero-order valence-corrected chi connectivity index (χ0v) is 18.3. The lowest BCUT2D eigenvalue weighted by molar-refractivity contribution is 0.409. The van der Waals surface area contributed by atoms with Gasteiger partial charge >= 0.3 is 0 Å². The molecule has 2 N–H and O–H groups in total. The number of furan rings is 1. The molecular weight excluding hydrogens is 465 g/mol. The molecule has 0 saturated heterocycles. The summed E-state index contributed by atoms with van der Waals surface area (Å²) in [6, 6.07) is 22.1. The third kappa shape index (κ3) is 6.92. The number of guanidine groups is 1. The second-order valence-electron chi connectivity index (χ2n) is 6.07. The van der Waals surface area contributed by atoms with Gasteiger partial charge in [0.15, 0.2) is 5.96 Å². The van der Waals surface area contributed by atoms with Crippen LogP contribution in [0.4, 0.5) is 0 Å². The highest BCUT2D eigenvalue weighted by atomic mass is 127. The first-order chi connectivity index (χ1) is 13.3. The van der Waals surface area contributed by atoms with Gasteiger partial charge in [0.1, 0.15) is 11.5 Å². The molecule has 0 spiro atoms. The van der Waals surface area contributed by atoms with Gasteiger partial charge in [0.25, 0.3) is 0 Å². The topological polar surface area (TPSA) is 58.8 Å². The summed E-state index contributed by atoms with van der Waals surface area (Å²) in [6.45, 7) is 1.98. The molecule has 6 heteroatoms. The summed E-state index contributed by atoms with van der Waals surface area (Å²) in [5.41, 5.74) is 2.25. The Bertz CT molecular complexity index is 836. The van der Waals surface area contributed by atoms with E-state index in [0.717, 1.165) is 36.0 Å². The molecule has 0 aliphatic carbocycles. The van der Waals surface area contributed by atoms with Crippen molar-refractivity contribution in [3.05, 3.63) is 89.9 Å². The largest absolute Gasteiger partial charge is 0.496 e. The van der Waals surface area contributed by atoms with Crippen LogP contribution in [0.2, 0.25) is 0 Å². The van der Waals surface area contributed by atoms with Crippen LogP contribution in [-0.2, 0) is 19.5 Å². The van der Waals surface area contributed by atoms with E-state index in [0.29, 0.717) is 13.1 Å². The van der Waals surface area contributed by atoms with Crippen molar-refractivity contribution in [3.8, 4) is 5.75 Å². The molecule has 0 bridgehead atoms. The Balaban J connectivity index is 0.00000280. The van der Waals surface area contributed by atoms with Crippen LogP contribution >= 0.6 is 24.0 Å². The van der Waals surface area contributed by atoms with Crippen LogP contribution in [0.1, 0.15) is 16.9 Å². The Morgan fingerprint density at radius 1 is 0.964 bits per heavy atom. The molecule has 1 aromatic heterocycles. The van der Waals surface area contributed by atoms with Crippen molar-refractivity contribution in [1.82, 2.24) is 10.6 Å². The van der Waals surface area contributed by atoms with Crippen molar-refractivity contribution in [2.75, 3.05) is 13.7 Å². The summed E-state index contributed by atoms with van der Waals surface area (Å²) in [5, 5.41) is 6.76. The van der Waals surface area contributed by atoms with Gasteiger partial charge in [0, 0.05) is 25.1 Å². The number of aliphatic imine (C=N–C) groups is 1. The van der Waals surface area contributed by atoms with Crippen molar-refractivity contribution >= 4 is 29.9 Å². The van der Waals surface area contributed by atoms with Crippen LogP contribution in [0.25, 0.3) is 0 Å². The van der Waals surface area contributed by atoms with Gasteiger partial charge < -0.3 is 19.8 Å². The Kier molecular flexibility index (Phi) is 9.41. The SMILES string of the molecule is COc1ccccc1CNC(=NCc1ccccc1)NCCc1ccco1.I. The van der Waals surface area contributed by atoms with Gasteiger partial charge in [-0.05, 0) is 23.8 Å². The monoisotopic (exact) mass is 491 g/mol. The molecule has 0 amide bonds. The number of para-hydroxylation sites is 1. The summed E-state index contributed by atoms with van der Waals surface area (Å²) >= 11 is 0. The van der Waals surface area contributed by atoms with E-state index in [-0.39, 0.29) is 24.0 Å². The fraction of sp³-hybridized carbons (Fsp3) is 0.227. The van der Waals surface area contributed by atoms with Crippen molar-refractivity contribution in [2.45, 2.75) is 19.5 Å². The molecule has 0 fully saturated rings. The highest BCUT2D eigenvalue weighted by molar-refractivity contribution is 14.0. The van der Waals surface area contributed by atoms with Gasteiger partial charge in [-0.25, -0.2) is 4.99 Å². The van der Waals surface area contributed by atoms with Gasteiger partial charge in [-0.15, -0.1) is 24.0 Å².